The van der Waals surface area contributed by atoms with Crippen LogP contribution in [-0.2, 0) is 13.6 Å². The SMILES string of the molecule is COc1cc(CNC(=O)N2CCC[C@@H]2c2nc3ccccc3n2C)cc(OC)c1. The Morgan fingerprint density at radius 3 is 2.59 bits per heavy atom. The number of rotatable bonds is 5. The first-order valence-electron chi connectivity index (χ1n) is 9.78. The van der Waals surface area contributed by atoms with E-state index in [0.29, 0.717) is 18.0 Å². The van der Waals surface area contributed by atoms with Crippen molar-refractivity contribution in [2.75, 3.05) is 20.8 Å². The molecule has 2 amide bonds. The first kappa shape index (κ1) is 19.1. The molecule has 1 N–H and O–H groups in total. The van der Waals surface area contributed by atoms with Gasteiger partial charge in [-0.15, -0.1) is 0 Å². The Morgan fingerprint density at radius 1 is 1.17 bits per heavy atom. The van der Waals surface area contributed by atoms with Gasteiger partial charge in [0.2, 0.25) is 0 Å². The number of para-hydroxylation sites is 2. The Morgan fingerprint density at radius 2 is 1.90 bits per heavy atom. The van der Waals surface area contributed by atoms with Crippen LogP contribution in [0.4, 0.5) is 4.79 Å². The number of nitrogens with zero attached hydrogens (tertiary/aromatic N) is 3. The summed E-state index contributed by atoms with van der Waals surface area (Å²) in [4.78, 5) is 19.6. The zero-order chi connectivity index (χ0) is 20.4. The van der Waals surface area contributed by atoms with Gasteiger partial charge in [0, 0.05) is 26.2 Å². The molecule has 1 aromatic heterocycles. The molecule has 0 unspecified atom stereocenters. The highest BCUT2D eigenvalue weighted by Crippen LogP contribution is 2.33. The van der Waals surface area contributed by atoms with E-state index in [9.17, 15) is 4.79 Å². The molecule has 7 heteroatoms. The summed E-state index contributed by atoms with van der Waals surface area (Å²) in [6.07, 6.45) is 1.88. The minimum Gasteiger partial charge on any atom is -0.497 e. The van der Waals surface area contributed by atoms with Crippen LogP contribution in [0, 0.1) is 0 Å². The van der Waals surface area contributed by atoms with Crippen molar-refractivity contribution in [3.8, 4) is 11.5 Å². The first-order chi connectivity index (χ1) is 14.1. The van der Waals surface area contributed by atoms with Crippen LogP contribution in [0.25, 0.3) is 11.0 Å². The molecule has 1 saturated heterocycles. The van der Waals surface area contributed by atoms with E-state index in [1.54, 1.807) is 14.2 Å². The summed E-state index contributed by atoms with van der Waals surface area (Å²) < 4.78 is 12.7. The second-order valence-corrected chi connectivity index (χ2v) is 7.25. The number of hydrogen-bond acceptors (Lipinski definition) is 4. The first-order valence-corrected chi connectivity index (χ1v) is 9.78. The molecule has 1 aliphatic heterocycles. The van der Waals surface area contributed by atoms with Crippen LogP contribution >= 0.6 is 0 Å². The highest BCUT2D eigenvalue weighted by molar-refractivity contribution is 5.77. The molecule has 0 radical (unpaired) electrons. The van der Waals surface area contributed by atoms with E-state index in [1.807, 2.05) is 48.3 Å². The van der Waals surface area contributed by atoms with Crippen molar-refractivity contribution in [2.45, 2.75) is 25.4 Å². The maximum absolute atomic E-state index is 13.0. The lowest BCUT2D eigenvalue weighted by molar-refractivity contribution is 0.190. The van der Waals surface area contributed by atoms with Crippen molar-refractivity contribution in [3.63, 3.8) is 0 Å². The van der Waals surface area contributed by atoms with Gasteiger partial charge in [0.25, 0.3) is 0 Å². The molecule has 1 atom stereocenters. The van der Waals surface area contributed by atoms with Gasteiger partial charge < -0.3 is 24.3 Å². The van der Waals surface area contributed by atoms with Gasteiger partial charge in [-0.1, -0.05) is 12.1 Å². The lowest BCUT2D eigenvalue weighted by Crippen LogP contribution is -2.39. The minimum atomic E-state index is -0.0821. The van der Waals surface area contributed by atoms with Crippen molar-refractivity contribution in [1.29, 1.82) is 0 Å². The van der Waals surface area contributed by atoms with Crippen LogP contribution < -0.4 is 14.8 Å². The van der Waals surface area contributed by atoms with Gasteiger partial charge in [0.1, 0.15) is 17.3 Å². The van der Waals surface area contributed by atoms with Gasteiger partial charge in [0.15, 0.2) is 0 Å². The highest BCUT2D eigenvalue weighted by Gasteiger charge is 2.33. The Bertz CT molecular complexity index is 1010. The quantitative estimate of drug-likeness (QED) is 0.717. The van der Waals surface area contributed by atoms with Gasteiger partial charge in [0.05, 0.1) is 31.3 Å². The Balaban J connectivity index is 1.50. The third-order valence-corrected chi connectivity index (χ3v) is 5.49. The average molecular weight is 394 g/mol. The predicted molar refractivity (Wildman–Crippen MR) is 111 cm³/mol. The van der Waals surface area contributed by atoms with Crippen molar-refractivity contribution in [2.24, 2.45) is 7.05 Å². The molecule has 1 aliphatic rings. The van der Waals surface area contributed by atoms with E-state index < -0.39 is 0 Å². The van der Waals surface area contributed by atoms with E-state index in [1.165, 1.54) is 0 Å². The number of imidazole rings is 1. The number of benzene rings is 2. The van der Waals surface area contributed by atoms with Crippen molar-refractivity contribution >= 4 is 17.1 Å². The predicted octanol–water partition coefficient (Wildman–Crippen LogP) is 3.64. The number of urea groups is 1. The van der Waals surface area contributed by atoms with Crippen LogP contribution in [0.15, 0.2) is 42.5 Å². The van der Waals surface area contributed by atoms with Crippen molar-refractivity contribution in [1.82, 2.24) is 19.8 Å². The summed E-state index contributed by atoms with van der Waals surface area (Å²) >= 11 is 0. The largest absolute Gasteiger partial charge is 0.497 e. The number of likely N-dealkylation sites (tertiary alicyclic amines) is 1. The summed E-state index contributed by atoms with van der Waals surface area (Å²) in [5, 5.41) is 3.04. The van der Waals surface area contributed by atoms with Crippen LogP contribution in [0.1, 0.15) is 30.3 Å². The summed E-state index contributed by atoms with van der Waals surface area (Å²) in [5.41, 5.74) is 2.96. The smallest absolute Gasteiger partial charge is 0.318 e. The van der Waals surface area contributed by atoms with E-state index in [-0.39, 0.29) is 12.1 Å². The number of carbonyl (C=O) groups is 1. The normalized spacial score (nSPS) is 16.2. The van der Waals surface area contributed by atoms with Crippen LogP contribution in [0.3, 0.4) is 0 Å². The van der Waals surface area contributed by atoms with E-state index in [2.05, 4.69) is 16.0 Å². The molecular weight excluding hydrogens is 368 g/mol. The fourth-order valence-corrected chi connectivity index (χ4v) is 3.99. The number of amides is 2. The van der Waals surface area contributed by atoms with Gasteiger partial charge >= 0.3 is 6.03 Å². The molecule has 29 heavy (non-hydrogen) atoms. The van der Waals surface area contributed by atoms with Crippen molar-refractivity contribution in [3.05, 3.63) is 53.9 Å². The van der Waals surface area contributed by atoms with E-state index in [4.69, 9.17) is 14.5 Å². The maximum atomic E-state index is 13.0. The van der Waals surface area contributed by atoms with Gasteiger partial charge in [-0.25, -0.2) is 9.78 Å². The second kappa shape index (κ2) is 8.03. The average Bonchev–Trinajstić information content (AvgIpc) is 3.36. The van der Waals surface area contributed by atoms with Gasteiger partial charge in [-0.05, 0) is 42.7 Å². The number of fused-ring (bicyclic) bond motifs is 1. The topological polar surface area (TPSA) is 68.6 Å². The lowest BCUT2D eigenvalue weighted by atomic mass is 10.2. The Hall–Kier alpha value is -3.22. The molecule has 3 aromatic rings. The number of carbonyl (C=O) groups excluding carboxylic acids is 1. The van der Waals surface area contributed by atoms with Crippen LogP contribution in [0.2, 0.25) is 0 Å². The third kappa shape index (κ3) is 3.72. The molecule has 0 saturated carbocycles. The zero-order valence-corrected chi connectivity index (χ0v) is 17.0. The maximum Gasteiger partial charge on any atom is 0.318 e. The fraction of sp³-hybridized carbons (Fsp3) is 0.364. The number of methoxy groups -OCH3 is 2. The molecule has 0 aliphatic carbocycles. The number of nitrogens with one attached hydrogen (secondary N) is 1. The van der Waals surface area contributed by atoms with Crippen LogP contribution in [-0.4, -0.2) is 41.2 Å². The second-order valence-electron chi connectivity index (χ2n) is 7.25. The molecule has 7 nitrogen and oxygen atoms in total. The monoisotopic (exact) mass is 394 g/mol. The summed E-state index contributed by atoms with van der Waals surface area (Å²) in [5.74, 6) is 2.33. The summed E-state index contributed by atoms with van der Waals surface area (Å²) in [6, 6.07) is 13.6. The molecular formula is C22H26N4O3. The summed E-state index contributed by atoms with van der Waals surface area (Å²) in [7, 11) is 5.24. The number of ether oxygens (including phenoxy) is 2. The third-order valence-electron chi connectivity index (χ3n) is 5.49. The minimum absolute atomic E-state index is 0.0211. The molecule has 0 spiro atoms. The Kier molecular flexibility index (Phi) is 5.29. The molecule has 0 bridgehead atoms. The number of aromatic nitrogens is 2. The molecule has 1 fully saturated rings. The molecule has 4 rings (SSSR count). The van der Waals surface area contributed by atoms with Gasteiger partial charge in [-0.2, -0.15) is 0 Å². The van der Waals surface area contributed by atoms with E-state index in [0.717, 1.165) is 41.8 Å². The molecule has 2 heterocycles. The zero-order valence-electron chi connectivity index (χ0n) is 17.0. The summed E-state index contributed by atoms with van der Waals surface area (Å²) in [6.45, 7) is 1.12. The molecule has 152 valence electrons. The lowest BCUT2D eigenvalue weighted by Gasteiger charge is -2.24. The highest BCUT2D eigenvalue weighted by atomic mass is 16.5. The van der Waals surface area contributed by atoms with E-state index >= 15 is 0 Å². The van der Waals surface area contributed by atoms with Crippen molar-refractivity contribution < 1.29 is 14.3 Å². The number of aryl methyl sites for hydroxylation is 1. The standard InChI is InChI=1S/C22H26N4O3/c1-25-19-8-5-4-7-18(19)24-21(25)20-9-6-10-26(20)22(27)23-14-15-11-16(28-2)13-17(12-15)29-3/h4-5,7-8,11-13,20H,6,9-10,14H2,1-3H3,(H,23,27)/t20-/m1/s1. The molecule has 2 aromatic carbocycles. The Labute approximate surface area is 170 Å². The van der Waals surface area contributed by atoms with Crippen LogP contribution in [0.5, 0.6) is 11.5 Å². The number of hydrogen-bond donors (Lipinski definition) is 1. The fourth-order valence-electron chi connectivity index (χ4n) is 3.99. The van der Waals surface area contributed by atoms with Gasteiger partial charge in [-0.3, -0.25) is 0 Å².